The van der Waals surface area contributed by atoms with Crippen LogP contribution in [-0.2, 0) is 16.0 Å². The summed E-state index contributed by atoms with van der Waals surface area (Å²) in [4.78, 5) is 12.6. The van der Waals surface area contributed by atoms with Gasteiger partial charge in [0.2, 0.25) is 0 Å². The number of benzene rings is 1. The third-order valence-electron chi connectivity index (χ3n) is 3.98. The lowest BCUT2D eigenvalue weighted by atomic mass is 9.94. The molecule has 3 unspecified atom stereocenters. The Bertz CT molecular complexity index is 489. The van der Waals surface area contributed by atoms with Crippen molar-refractivity contribution in [2.75, 3.05) is 18.1 Å². The van der Waals surface area contributed by atoms with Crippen LogP contribution < -0.4 is 0 Å². The number of ether oxygens (including phenoxy) is 1. The molecule has 4 heteroatoms. The van der Waals surface area contributed by atoms with Crippen molar-refractivity contribution in [3.8, 4) is 0 Å². The van der Waals surface area contributed by atoms with E-state index in [1.807, 2.05) is 29.6 Å². The molecule has 1 aromatic rings. The lowest BCUT2D eigenvalue weighted by Gasteiger charge is -2.30. The van der Waals surface area contributed by atoms with Gasteiger partial charge in [0.25, 0.3) is 0 Å². The molecule has 2 aliphatic heterocycles. The van der Waals surface area contributed by atoms with Crippen LogP contribution in [0.5, 0.6) is 0 Å². The topological polar surface area (TPSA) is 26.3 Å². The molecule has 0 radical (unpaired) electrons. The second-order valence-electron chi connectivity index (χ2n) is 5.35. The summed E-state index contributed by atoms with van der Waals surface area (Å²) in [7, 11) is 0. The Hall–Kier alpha value is -0.450. The van der Waals surface area contributed by atoms with E-state index in [1.54, 1.807) is 0 Å². The van der Waals surface area contributed by atoms with Gasteiger partial charge in [0.15, 0.2) is 0 Å². The molecule has 1 saturated heterocycles. The van der Waals surface area contributed by atoms with Crippen molar-refractivity contribution in [3.05, 3.63) is 35.4 Å². The zero-order valence-electron chi connectivity index (χ0n) is 11.7. The molecule has 0 spiro atoms. The zero-order chi connectivity index (χ0) is 13.9. The fraction of sp³-hybridized carbons (Fsp3) is 0.562. The van der Waals surface area contributed by atoms with E-state index in [4.69, 9.17) is 4.74 Å². The number of fused-ring (bicyclic) bond motifs is 1. The Balaban J connectivity index is 1.70. The number of thioether (sulfide) groups is 2. The number of Topliss-reactive ketones (excluding diaryl/α,β-unsaturated/α-hetero) is 1. The van der Waals surface area contributed by atoms with Crippen LogP contribution in [0.2, 0.25) is 0 Å². The molecule has 0 amide bonds. The van der Waals surface area contributed by atoms with Gasteiger partial charge in [0, 0.05) is 23.2 Å². The third kappa shape index (κ3) is 3.07. The average molecular weight is 308 g/mol. The second kappa shape index (κ2) is 6.54. The van der Waals surface area contributed by atoms with Crippen LogP contribution >= 0.6 is 23.5 Å². The molecule has 3 rings (SSSR count). The van der Waals surface area contributed by atoms with Gasteiger partial charge in [0.05, 0.1) is 18.0 Å². The van der Waals surface area contributed by atoms with Gasteiger partial charge >= 0.3 is 0 Å². The fourth-order valence-electron chi connectivity index (χ4n) is 2.93. The lowest BCUT2D eigenvalue weighted by Crippen LogP contribution is -2.33. The highest BCUT2D eigenvalue weighted by molar-refractivity contribution is 8.07. The molecule has 2 nitrogen and oxygen atoms in total. The summed E-state index contributed by atoms with van der Waals surface area (Å²) in [5.74, 6) is 2.61. The van der Waals surface area contributed by atoms with Crippen LogP contribution in [0.1, 0.15) is 30.6 Å². The normalized spacial score (nSPS) is 29.8. The first-order chi connectivity index (χ1) is 9.75. The highest BCUT2D eigenvalue weighted by Gasteiger charge is 2.32. The maximum Gasteiger partial charge on any atom is 0.149 e. The van der Waals surface area contributed by atoms with Gasteiger partial charge in [-0.2, -0.15) is 11.8 Å². The summed E-state index contributed by atoms with van der Waals surface area (Å²) < 4.78 is 5.86. The van der Waals surface area contributed by atoms with Crippen molar-refractivity contribution in [2.24, 2.45) is 0 Å². The Morgan fingerprint density at radius 2 is 2.10 bits per heavy atom. The molecule has 1 fully saturated rings. The maximum absolute atomic E-state index is 12.6. The van der Waals surface area contributed by atoms with E-state index < -0.39 is 0 Å². The minimum absolute atomic E-state index is 0.0350. The summed E-state index contributed by atoms with van der Waals surface area (Å²) >= 11 is 3.74. The quantitative estimate of drug-likeness (QED) is 0.854. The van der Waals surface area contributed by atoms with Crippen LogP contribution in [-0.4, -0.2) is 34.4 Å². The first-order valence-electron chi connectivity index (χ1n) is 7.21. The number of hydrogen-bond acceptors (Lipinski definition) is 4. The number of carbonyl (C=O) groups excluding carboxylic acids is 1. The number of rotatable bonds is 3. The lowest BCUT2D eigenvalue weighted by molar-refractivity contribution is -0.121. The number of hydrogen-bond donors (Lipinski definition) is 0. The van der Waals surface area contributed by atoms with E-state index in [9.17, 15) is 4.79 Å². The summed E-state index contributed by atoms with van der Waals surface area (Å²) in [5, 5.41) is 0.575. The number of carbonyl (C=O) groups is 1. The predicted molar refractivity (Wildman–Crippen MR) is 86.6 cm³/mol. The van der Waals surface area contributed by atoms with Gasteiger partial charge < -0.3 is 4.74 Å². The molecule has 0 aliphatic carbocycles. The van der Waals surface area contributed by atoms with E-state index in [-0.39, 0.29) is 11.4 Å². The Morgan fingerprint density at radius 1 is 1.30 bits per heavy atom. The first-order valence-corrected chi connectivity index (χ1v) is 9.31. The van der Waals surface area contributed by atoms with Crippen LogP contribution in [0.25, 0.3) is 0 Å². The highest BCUT2D eigenvalue weighted by atomic mass is 32.2. The molecule has 108 valence electrons. The van der Waals surface area contributed by atoms with Crippen LogP contribution in [0.4, 0.5) is 0 Å². The van der Waals surface area contributed by atoms with Crippen LogP contribution in [0.15, 0.2) is 24.3 Å². The minimum atomic E-state index is -0.0350. The SMILES string of the molecule is CC1SCCSC1C(=O)CC1OCCc2ccccc21. The van der Waals surface area contributed by atoms with E-state index in [2.05, 4.69) is 25.1 Å². The zero-order valence-corrected chi connectivity index (χ0v) is 13.3. The van der Waals surface area contributed by atoms with Gasteiger partial charge in [-0.3, -0.25) is 4.79 Å². The molecule has 0 aromatic heterocycles. The largest absolute Gasteiger partial charge is 0.373 e. The van der Waals surface area contributed by atoms with Crippen LogP contribution in [0.3, 0.4) is 0 Å². The molecule has 0 N–H and O–H groups in total. The molecule has 1 aromatic carbocycles. The Labute approximate surface area is 129 Å². The van der Waals surface area contributed by atoms with Crippen molar-refractivity contribution in [1.82, 2.24) is 0 Å². The van der Waals surface area contributed by atoms with E-state index >= 15 is 0 Å². The van der Waals surface area contributed by atoms with Crippen molar-refractivity contribution in [1.29, 1.82) is 0 Å². The minimum Gasteiger partial charge on any atom is -0.373 e. The van der Waals surface area contributed by atoms with Crippen molar-refractivity contribution < 1.29 is 9.53 Å². The van der Waals surface area contributed by atoms with Gasteiger partial charge in [-0.25, -0.2) is 0 Å². The molecular formula is C16H20O2S2. The Morgan fingerprint density at radius 3 is 2.95 bits per heavy atom. The molecule has 2 heterocycles. The van der Waals surface area contributed by atoms with Gasteiger partial charge in [-0.05, 0) is 17.5 Å². The molecule has 20 heavy (non-hydrogen) atoms. The maximum atomic E-state index is 12.6. The van der Waals surface area contributed by atoms with Crippen molar-refractivity contribution in [3.63, 3.8) is 0 Å². The van der Waals surface area contributed by atoms with Crippen molar-refractivity contribution >= 4 is 29.3 Å². The third-order valence-corrected chi connectivity index (χ3v) is 7.12. The first kappa shape index (κ1) is 14.5. The summed E-state index contributed by atoms with van der Waals surface area (Å²) in [6, 6.07) is 8.37. The molecule has 0 bridgehead atoms. The van der Waals surface area contributed by atoms with Gasteiger partial charge in [-0.1, -0.05) is 31.2 Å². The molecule has 2 aliphatic rings. The predicted octanol–water partition coefficient (Wildman–Crippen LogP) is 3.50. The number of ketones is 1. The van der Waals surface area contributed by atoms with Gasteiger partial charge in [0.1, 0.15) is 5.78 Å². The molecular weight excluding hydrogens is 288 g/mol. The monoisotopic (exact) mass is 308 g/mol. The van der Waals surface area contributed by atoms with Crippen LogP contribution in [0, 0.1) is 0 Å². The van der Waals surface area contributed by atoms with E-state index in [1.165, 1.54) is 16.9 Å². The smallest absolute Gasteiger partial charge is 0.149 e. The standard InChI is InChI=1S/C16H20O2S2/c1-11-16(20-9-8-19-11)14(17)10-15-13-5-3-2-4-12(13)6-7-18-15/h2-5,11,15-16H,6-10H2,1H3. The van der Waals surface area contributed by atoms with Gasteiger partial charge in [-0.15, -0.1) is 11.8 Å². The fourth-order valence-corrected chi connectivity index (χ4v) is 5.68. The highest BCUT2D eigenvalue weighted by Crippen LogP contribution is 2.35. The molecule has 3 atom stereocenters. The average Bonchev–Trinajstić information content (AvgIpc) is 2.48. The summed E-state index contributed by atoms with van der Waals surface area (Å²) in [6.07, 6.45) is 1.46. The van der Waals surface area contributed by atoms with E-state index in [0.29, 0.717) is 17.5 Å². The summed E-state index contributed by atoms with van der Waals surface area (Å²) in [5.41, 5.74) is 2.56. The van der Waals surface area contributed by atoms with Crippen molar-refractivity contribution in [2.45, 2.75) is 36.4 Å². The Kier molecular flexibility index (Phi) is 4.74. The van der Waals surface area contributed by atoms with E-state index in [0.717, 1.165) is 18.8 Å². The summed E-state index contributed by atoms with van der Waals surface area (Å²) in [6.45, 7) is 2.91. The molecule has 0 saturated carbocycles. The second-order valence-corrected chi connectivity index (χ2v) is 8.08.